The van der Waals surface area contributed by atoms with E-state index in [2.05, 4.69) is 34.2 Å². The maximum atomic E-state index is 6.08. The quantitative estimate of drug-likeness (QED) is 0.872. The molecule has 1 N–H and O–H groups in total. The molecule has 2 fully saturated rings. The summed E-state index contributed by atoms with van der Waals surface area (Å²) in [6.07, 6.45) is 2.85. The van der Waals surface area contributed by atoms with Gasteiger partial charge < -0.3 is 10.2 Å². The number of halogens is 1. The Labute approximate surface area is 133 Å². The molecule has 0 bridgehead atoms. The van der Waals surface area contributed by atoms with Crippen LogP contribution in [-0.2, 0) is 0 Å². The maximum absolute atomic E-state index is 6.08. The van der Waals surface area contributed by atoms with Gasteiger partial charge in [-0.1, -0.05) is 17.7 Å². The molecule has 0 radical (unpaired) electrons. The monoisotopic (exact) mass is 307 g/mol. The van der Waals surface area contributed by atoms with Gasteiger partial charge >= 0.3 is 0 Å². The zero-order valence-corrected chi connectivity index (χ0v) is 13.6. The van der Waals surface area contributed by atoms with Crippen molar-refractivity contribution in [3.63, 3.8) is 0 Å². The third-order valence-electron chi connectivity index (χ3n) is 4.77. The highest BCUT2D eigenvalue weighted by molar-refractivity contribution is 6.30. The van der Waals surface area contributed by atoms with Crippen molar-refractivity contribution in [2.45, 2.75) is 25.8 Å². The van der Waals surface area contributed by atoms with Crippen molar-refractivity contribution < 1.29 is 0 Å². The first-order valence-electron chi connectivity index (χ1n) is 8.18. The van der Waals surface area contributed by atoms with E-state index in [4.69, 9.17) is 11.6 Å². The standard InChI is InChI=1S/C17H26ClN3/c1-14(15-5-6-15)19-7-8-20-9-11-21(12-10-20)17-4-2-3-16(18)13-17/h2-4,13-15,19H,5-12H2,1H3. The molecule has 1 aliphatic heterocycles. The molecule has 21 heavy (non-hydrogen) atoms. The van der Waals surface area contributed by atoms with Gasteiger partial charge in [0.05, 0.1) is 0 Å². The van der Waals surface area contributed by atoms with Crippen molar-refractivity contribution in [1.29, 1.82) is 0 Å². The summed E-state index contributed by atoms with van der Waals surface area (Å²) < 4.78 is 0. The van der Waals surface area contributed by atoms with E-state index in [9.17, 15) is 0 Å². The van der Waals surface area contributed by atoms with Gasteiger partial charge in [-0.15, -0.1) is 0 Å². The topological polar surface area (TPSA) is 18.5 Å². The minimum atomic E-state index is 0.706. The van der Waals surface area contributed by atoms with Crippen molar-refractivity contribution in [3.05, 3.63) is 29.3 Å². The zero-order valence-electron chi connectivity index (χ0n) is 12.9. The third-order valence-corrected chi connectivity index (χ3v) is 5.00. The molecule has 0 spiro atoms. The summed E-state index contributed by atoms with van der Waals surface area (Å²) in [5, 5.41) is 4.50. The van der Waals surface area contributed by atoms with Crippen LogP contribution in [0.3, 0.4) is 0 Å². The normalized spacial score (nSPS) is 21.5. The first kappa shape index (κ1) is 15.1. The van der Waals surface area contributed by atoms with Gasteiger partial charge in [-0.2, -0.15) is 0 Å². The number of benzene rings is 1. The first-order chi connectivity index (χ1) is 10.2. The van der Waals surface area contributed by atoms with E-state index in [0.717, 1.165) is 43.7 Å². The van der Waals surface area contributed by atoms with Crippen LogP contribution in [0.2, 0.25) is 5.02 Å². The van der Waals surface area contributed by atoms with Crippen molar-refractivity contribution in [1.82, 2.24) is 10.2 Å². The number of hydrogen-bond donors (Lipinski definition) is 1. The molecule has 3 nitrogen and oxygen atoms in total. The molecule has 1 aliphatic carbocycles. The Morgan fingerprint density at radius 1 is 1.24 bits per heavy atom. The van der Waals surface area contributed by atoms with E-state index in [1.54, 1.807) is 0 Å². The van der Waals surface area contributed by atoms with Crippen LogP contribution in [0, 0.1) is 5.92 Å². The molecule has 1 heterocycles. The fraction of sp³-hybridized carbons (Fsp3) is 0.647. The summed E-state index contributed by atoms with van der Waals surface area (Å²) in [6.45, 7) is 9.10. The van der Waals surface area contributed by atoms with Gasteiger partial charge in [0.2, 0.25) is 0 Å². The van der Waals surface area contributed by atoms with Crippen LogP contribution in [0.15, 0.2) is 24.3 Å². The highest BCUT2D eigenvalue weighted by Gasteiger charge is 2.27. The molecule has 1 atom stereocenters. The van der Waals surface area contributed by atoms with Gasteiger partial charge in [0.15, 0.2) is 0 Å². The molecular formula is C17H26ClN3. The zero-order chi connectivity index (χ0) is 14.7. The molecule has 1 unspecified atom stereocenters. The number of anilines is 1. The highest BCUT2D eigenvalue weighted by Crippen LogP contribution is 2.32. The maximum Gasteiger partial charge on any atom is 0.0426 e. The second-order valence-corrected chi connectivity index (χ2v) is 6.83. The molecule has 0 aromatic heterocycles. The fourth-order valence-corrected chi connectivity index (χ4v) is 3.30. The van der Waals surface area contributed by atoms with Gasteiger partial charge in [0.1, 0.15) is 0 Å². The minimum absolute atomic E-state index is 0.706. The van der Waals surface area contributed by atoms with Gasteiger partial charge in [-0.05, 0) is 43.9 Å². The Balaban J connectivity index is 1.38. The number of nitrogens with zero attached hydrogens (tertiary/aromatic N) is 2. The number of hydrogen-bond acceptors (Lipinski definition) is 3. The lowest BCUT2D eigenvalue weighted by Crippen LogP contribution is -2.48. The molecule has 4 heteroatoms. The van der Waals surface area contributed by atoms with Crippen LogP contribution < -0.4 is 10.2 Å². The Morgan fingerprint density at radius 3 is 2.67 bits per heavy atom. The Morgan fingerprint density at radius 2 is 2.00 bits per heavy atom. The number of nitrogens with one attached hydrogen (secondary N) is 1. The Hall–Kier alpha value is -0.770. The molecule has 1 aromatic carbocycles. The third kappa shape index (κ3) is 4.35. The van der Waals surface area contributed by atoms with E-state index in [1.165, 1.54) is 25.1 Å². The van der Waals surface area contributed by atoms with Gasteiger partial charge in [0.25, 0.3) is 0 Å². The smallest absolute Gasteiger partial charge is 0.0426 e. The molecule has 0 amide bonds. The lowest BCUT2D eigenvalue weighted by molar-refractivity contribution is 0.253. The highest BCUT2D eigenvalue weighted by atomic mass is 35.5. The van der Waals surface area contributed by atoms with Crippen LogP contribution in [-0.4, -0.2) is 50.2 Å². The van der Waals surface area contributed by atoms with Crippen LogP contribution >= 0.6 is 11.6 Å². The van der Waals surface area contributed by atoms with Gasteiger partial charge in [0, 0.05) is 56.0 Å². The van der Waals surface area contributed by atoms with Crippen LogP contribution in [0.4, 0.5) is 5.69 Å². The average molecular weight is 308 g/mol. The molecule has 1 saturated carbocycles. The summed E-state index contributed by atoms with van der Waals surface area (Å²) in [7, 11) is 0. The predicted molar refractivity (Wildman–Crippen MR) is 90.3 cm³/mol. The number of rotatable bonds is 6. The second-order valence-electron chi connectivity index (χ2n) is 6.39. The summed E-state index contributed by atoms with van der Waals surface area (Å²) in [4.78, 5) is 5.00. The minimum Gasteiger partial charge on any atom is -0.369 e. The lowest BCUT2D eigenvalue weighted by Gasteiger charge is -2.36. The van der Waals surface area contributed by atoms with Crippen LogP contribution in [0.25, 0.3) is 0 Å². The molecule has 1 saturated heterocycles. The summed E-state index contributed by atoms with van der Waals surface area (Å²) in [5.74, 6) is 0.949. The van der Waals surface area contributed by atoms with Gasteiger partial charge in [-0.3, -0.25) is 4.90 Å². The van der Waals surface area contributed by atoms with E-state index >= 15 is 0 Å². The van der Waals surface area contributed by atoms with Crippen LogP contribution in [0.5, 0.6) is 0 Å². The average Bonchev–Trinajstić information content (AvgIpc) is 3.32. The molecule has 3 rings (SSSR count). The molecule has 1 aromatic rings. The van der Waals surface area contributed by atoms with Crippen molar-refractivity contribution in [3.8, 4) is 0 Å². The largest absolute Gasteiger partial charge is 0.369 e. The summed E-state index contributed by atoms with van der Waals surface area (Å²) in [5.41, 5.74) is 1.25. The van der Waals surface area contributed by atoms with Crippen molar-refractivity contribution >= 4 is 17.3 Å². The van der Waals surface area contributed by atoms with Gasteiger partial charge in [-0.25, -0.2) is 0 Å². The van der Waals surface area contributed by atoms with Crippen LogP contribution in [0.1, 0.15) is 19.8 Å². The summed E-state index contributed by atoms with van der Waals surface area (Å²) in [6, 6.07) is 8.90. The fourth-order valence-electron chi connectivity index (χ4n) is 3.12. The number of piperazine rings is 1. The van der Waals surface area contributed by atoms with E-state index in [-0.39, 0.29) is 0 Å². The van der Waals surface area contributed by atoms with Crippen molar-refractivity contribution in [2.24, 2.45) is 5.92 Å². The molecule has 116 valence electrons. The Bertz CT molecular complexity index is 453. The van der Waals surface area contributed by atoms with E-state index in [1.807, 2.05) is 12.1 Å². The second kappa shape index (κ2) is 6.99. The molecular weight excluding hydrogens is 282 g/mol. The SMILES string of the molecule is CC(NCCN1CCN(c2cccc(Cl)c2)CC1)C1CC1. The van der Waals surface area contributed by atoms with Crippen molar-refractivity contribution in [2.75, 3.05) is 44.2 Å². The lowest BCUT2D eigenvalue weighted by atomic mass is 10.2. The Kier molecular flexibility index (Phi) is 5.04. The van der Waals surface area contributed by atoms with E-state index in [0.29, 0.717) is 6.04 Å². The molecule has 2 aliphatic rings. The van der Waals surface area contributed by atoms with E-state index < -0.39 is 0 Å². The predicted octanol–water partition coefficient (Wildman–Crippen LogP) is 2.85. The first-order valence-corrected chi connectivity index (χ1v) is 8.56. The summed E-state index contributed by atoms with van der Waals surface area (Å²) >= 11 is 6.08.